The van der Waals surface area contributed by atoms with Crippen LogP contribution in [0.3, 0.4) is 0 Å². The summed E-state index contributed by atoms with van der Waals surface area (Å²) in [5.74, 6) is 0.142. The molecule has 1 N–H and O–H groups in total. The molecule has 4 aromatic rings. The number of likely N-dealkylation sites (tertiary alicyclic amines) is 1. The third-order valence-corrected chi connectivity index (χ3v) is 5.73. The van der Waals surface area contributed by atoms with Crippen LogP contribution in [0.2, 0.25) is 0 Å². The van der Waals surface area contributed by atoms with Crippen LogP contribution in [0, 0.1) is 12.7 Å². The van der Waals surface area contributed by atoms with E-state index in [2.05, 4.69) is 24.4 Å². The first-order valence-electron chi connectivity index (χ1n) is 10.4. The maximum atomic E-state index is 13.4. The molecule has 5 rings (SSSR count). The predicted molar refractivity (Wildman–Crippen MR) is 118 cm³/mol. The second-order valence-electron chi connectivity index (χ2n) is 7.84. The molecule has 31 heavy (non-hydrogen) atoms. The molecule has 156 valence electrons. The Bertz CT molecular complexity index is 1270. The average molecular weight is 415 g/mol. The van der Waals surface area contributed by atoms with E-state index in [9.17, 15) is 9.18 Å². The summed E-state index contributed by atoms with van der Waals surface area (Å²) in [5, 5.41) is 2.77. The number of aryl methyl sites for hydroxylation is 1. The fraction of sp³-hybridized carbons (Fsp3) is 0.200. The van der Waals surface area contributed by atoms with E-state index in [1.165, 1.54) is 17.7 Å². The van der Waals surface area contributed by atoms with Crippen molar-refractivity contribution in [3.05, 3.63) is 84.0 Å². The Balaban J connectivity index is 1.41. The molecule has 0 spiro atoms. The molecule has 0 saturated carbocycles. The van der Waals surface area contributed by atoms with Crippen molar-refractivity contribution in [3.63, 3.8) is 0 Å². The summed E-state index contributed by atoms with van der Waals surface area (Å²) >= 11 is 0. The number of urea groups is 1. The highest BCUT2D eigenvalue weighted by Gasteiger charge is 2.33. The summed E-state index contributed by atoms with van der Waals surface area (Å²) in [4.78, 5) is 19.2. The number of hydrogen-bond donors (Lipinski definition) is 1. The minimum atomic E-state index is -0.390. The molecule has 2 heterocycles. The third kappa shape index (κ3) is 3.77. The molecule has 1 aromatic heterocycles. The molecule has 0 aliphatic carbocycles. The van der Waals surface area contributed by atoms with E-state index >= 15 is 0 Å². The monoisotopic (exact) mass is 415 g/mol. The number of aromatic nitrogens is 1. The Kier molecular flexibility index (Phi) is 4.90. The van der Waals surface area contributed by atoms with Crippen LogP contribution >= 0.6 is 0 Å². The van der Waals surface area contributed by atoms with Gasteiger partial charge in [0.15, 0.2) is 5.58 Å². The number of benzene rings is 3. The van der Waals surface area contributed by atoms with Gasteiger partial charge in [0.25, 0.3) is 0 Å². The smallest absolute Gasteiger partial charge is 0.322 e. The number of carbonyl (C=O) groups is 1. The average Bonchev–Trinajstić information content (AvgIpc) is 3.40. The zero-order valence-electron chi connectivity index (χ0n) is 17.1. The van der Waals surface area contributed by atoms with E-state index < -0.39 is 0 Å². The first kappa shape index (κ1) is 19.3. The number of anilines is 1. The topological polar surface area (TPSA) is 58.4 Å². The molecule has 0 bridgehead atoms. The highest BCUT2D eigenvalue weighted by molar-refractivity contribution is 5.90. The summed E-state index contributed by atoms with van der Waals surface area (Å²) in [6, 6.07) is 19.6. The summed E-state index contributed by atoms with van der Waals surface area (Å²) in [6.45, 7) is 2.68. The molecule has 0 radical (unpaired) electrons. The molecule has 1 saturated heterocycles. The van der Waals surface area contributed by atoms with Crippen molar-refractivity contribution >= 4 is 22.8 Å². The molecule has 3 aromatic carbocycles. The maximum Gasteiger partial charge on any atom is 0.322 e. The van der Waals surface area contributed by atoms with Crippen LogP contribution < -0.4 is 5.32 Å². The molecular formula is C25H22FN3O2. The van der Waals surface area contributed by atoms with Crippen molar-refractivity contribution in [1.29, 1.82) is 0 Å². The van der Waals surface area contributed by atoms with Gasteiger partial charge in [-0.15, -0.1) is 0 Å². The van der Waals surface area contributed by atoms with Gasteiger partial charge in [-0.1, -0.05) is 36.4 Å². The molecule has 6 heteroatoms. The SMILES string of the molecule is Cc1ccccc1-c1ccc2oc([C@@H]3CCCN3C(=O)Nc3cccc(F)c3)nc2c1. The Hall–Kier alpha value is -3.67. The summed E-state index contributed by atoms with van der Waals surface area (Å²) in [5.41, 5.74) is 5.33. The second kappa shape index (κ2) is 7.87. The van der Waals surface area contributed by atoms with Gasteiger partial charge in [0.2, 0.25) is 5.89 Å². The maximum absolute atomic E-state index is 13.4. The Morgan fingerprint density at radius 3 is 2.84 bits per heavy atom. The molecule has 1 aliphatic rings. The quantitative estimate of drug-likeness (QED) is 0.426. The van der Waals surface area contributed by atoms with Gasteiger partial charge in [-0.3, -0.25) is 0 Å². The van der Waals surface area contributed by atoms with E-state index in [1.807, 2.05) is 30.3 Å². The van der Waals surface area contributed by atoms with Crippen LogP contribution in [0.5, 0.6) is 0 Å². The number of carbonyl (C=O) groups excluding carboxylic acids is 1. The number of hydrogen-bond acceptors (Lipinski definition) is 3. The highest BCUT2D eigenvalue weighted by Crippen LogP contribution is 2.35. The van der Waals surface area contributed by atoms with Crippen LogP contribution in [0.25, 0.3) is 22.2 Å². The van der Waals surface area contributed by atoms with E-state index in [4.69, 9.17) is 9.40 Å². The molecule has 1 atom stereocenters. The van der Waals surface area contributed by atoms with Gasteiger partial charge in [0.1, 0.15) is 17.4 Å². The number of halogens is 1. The largest absolute Gasteiger partial charge is 0.438 e. The van der Waals surface area contributed by atoms with E-state index in [0.29, 0.717) is 23.7 Å². The third-order valence-electron chi connectivity index (χ3n) is 5.73. The molecule has 1 fully saturated rings. The Morgan fingerprint density at radius 2 is 2.00 bits per heavy atom. The first-order valence-corrected chi connectivity index (χ1v) is 10.4. The fourth-order valence-corrected chi connectivity index (χ4v) is 4.18. The van der Waals surface area contributed by atoms with E-state index in [1.54, 1.807) is 17.0 Å². The van der Waals surface area contributed by atoms with Crippen molar-refractivity contribution in [2.75, 3.05) is 11.9 Å². The van der Waals surface area contributed by atoms with Crippen molar-refractivity contribution in [1.82, 2.24) is 9.88 Å². The predicted octanol–water partition coefficient (Wildman–Crippen LogP) is 6.31. The fourth-order valence-electron chi connectivity index (χ4n) is 4.18. The molecular weight excluding hydrogens is 393 g/mol. The van der Waals surface area contributed by atoms with E-state index in [-0.39, 0.29) is 17.9 Å². The zero-order valence-corrected chi connectivity index (χ0v) is 17.1. The van der Waals surface area contributed by atoms with Crippen LogP contribution in [0.1, 0.15) is 30.3 Å². The number of nitrogens with zero attached hydrogens (tertiary/aromatic N) is 2. The van der Waals surface area contributed by atoms with Gasteiger partial charge >= 0.3 is 6.03 Å². The van der Waals surface area contributed by atoms with Crippen LogP contribution in [-0.2, 0) is 0 Å². The minimum absolute atomic E-state index is 0.247. The standard InChI is InChI=1S/C25H22FN3O2/c1-16-6-2-3-9-20(16)17-11-12-23-21(14-17)28-24(31-23)22-10-5-13-29(22)25(30)27-19-8-4-7-18(26)15-19/h2-4,6-9,11-12,14-15,22H,5,10,13H2,1H3,(H,27,30)/t22-/m0/s1. The van der Waals surface area contributed by atoms with Crippen LogP contribution in [-0.4, -0.2) is 22.5 Å². The van der Waals surface area contributed by atoms with Crippen molar-refractivity contribution in [3.8, 4) is 11.1 Å². The summed E-state index contributed by atoms with van der Waals surface area (Å²) in [6.07, 6.45) is 1.63. The Morgan fingerprint density at radius 1 is 1.13 bits per heavy atom. The summed E-state index contributed by atoms with van der Waals surface area (Å²) < 4.78 is 19.5. The molecule has 0 unspecified atom stereocenters. The summed E-state index contributed by atoms with van der Waals surface area (Å²) in [7, 11) is 0. The lowest BCUT2D eigenvalue weighted by Crippen LogP contribution is -2.34. The van der Waals surface area contributed by atoms with Gasteiger partial charge in [-0.25, -0.2) is 14.2 Å². The van der Waals surface area contributed by atoms with Crippen molar-refractivity contribution < 1.29 is 13.6 Å². The Labute approximate surface area is 179 Å². The lowest BCUT2D eigenvalue weighted by Gasteiger charge is -2.22. The first-order chi connectivity index (χ1) is 15.1. The van der Waals surface area contributed by atoms with Gasteiger partial charge < -0.3 is 14.6 Å². The van der Waals surface area contributed by atoms with Crippen LogP contribution in [0.4, 0.5) is 14.9 Å². The number of nitrogens with one attached hydrogen (secondary N) is 1. The van der Waals surface area contributed by atoms with Gasteiger partial charge in [0.05, 0.1) is 0 Å². The van der Waals surface area contributed by atoms with Crippen molar-refractivity contribution in [2.45, 2.75) is 25.8 Å². The number of fused-ring (bicyclic) bond motifs is 1. The normalized spacial score (nSPS) is 16.1. The molecule has 5 nitrogen and oxygen atoms in total. The number of rotatable bonds is 3. The van der Waals surface area contributed by atoms with Gasteiger partial charge in [-0.2, -0.15) is 0 Å². The molecule has 1 aliphatic heterocycles. The minimum Gasteiger partial charge on any atom is -0.438 e. The van der Waals surface area contributed by atoms with Gasteiger partial charge in [-0.05, 0) is 66.8 Å². The lowest BCUT2D eigenvalue weighted by molar-refractivity contribution is 0.199. The highest BCUT2D eigenvalue weighted by atomic mass is 19.1. The van der Waals surface area contributed by atoms with Crippen molar-refractivity contribution in [2.24, 2.45) is 0 Å². The second-order valence-corrected chi connectivity index (χ2v) is 7.84. The number of oxazole rings is 1. The molecule has 2 amide bonds. The zero-order chi connectivity index (χ0) is 21.4. The number of amides is 2. The lowest BCUT2D eigenvalue weighted by atomic mass is 10.0. The van der Waals surface area contributed by atoms with E-state index in [0.717, 1.165) is 29.5 Å². The van der Waals surface area contributed by atoms with Crippen LogP contribution in [0.15, 0.2) is 71.1 Å². The van der Waals surface area contributed by atoms with Gasteiger partial charge in [0, 0.05) is 12.2 Å².